The van der Waals surface area contributed by atoms with Crippen LogP contribution in [0.3, 0.4) is 0 Å². The molecular weight excluding hydrogens is 239 g/mol. The van der Waals surface area contributed by atoms with Crippen LogP contribution in [0.25, 0.3) is 0 Å². The summed E-state index contributed by atoms with van der Waals surface area (Å²) in [6.45, 7) is 4.61. The lowest BCUT2D eigenvalue weighted by Gasteiger charge is -1.97. The van der Waals surface area contributed by atoms with E-state index in [1.54, 1.807) is 0 Å². The second kappa shape index (κ2) is 4.21. The first-order chi connectivity index (χ1) is 3.13. The highest BCUT2D eigenvalue weighted by molar-refractivity contribution is 14.2. The predicted octanol–water partition coefficient (Wildman–Crippen LogP) is 2.07. The molecule has 0 nitrogen and oxygen atoms in total. The fourth-order valence-corrected chi connectivity index (χ4v) is 3.76. The zero-order chi connectivity index (χ0) is 5.86. The van der Waals surface area contributed by atoms with E-state index < -0.39 is 0 Å². The van der Waals surface area contributed by atoms with E-state index in [9.17, 15) is 0 Å². The van der Waals surface area contributed by atoms with E-state index in [1.807, 2.05) is 0 Å². The van der Waals surface area contributed by atoms with Gasteiger partial charge in [0.05, 0.1) is 0 Å². The van der Waals surface area contributed by atoms with Crippen molar-refractivity contribution < 1.29 is 0 Å². The van der Waals surface area contributed by atoms with Crippen molar-refractivity contribution in [1.82, 2.24) is 0 Å². The molecule has 44 valence electrons. The lowest BCUT2D eigenvalue weighted by Crippen LogP contribution is -1.95. The van der Waals surface area contributed by atoms with Gasteiger partial charge < -0.3 is 0 Å². The van der Waals surface area contributed by atoms with Crippen LogP contribution in [0.2, 0.25) is 0 Å². The van der Waals surface area contributed by atoms with Crippen LogP contribution in [-0.4, -0.2) is 5.75 Å². The van der Waals surface area contributed by atoms with Crippen molar-refractivity contribution in [2.45, 2.75) is 13.8 Å². The first kappa shape index (κ1) is 8.30. The second-order valence-corrected chi connectivity index (χ2v) is 8.95. The average molecular weight is 248 g/mol. The van der Waals surface area contributed by atoms with E-state index in [4.69, 9.17) is 11.2 Å². The summed E-state index contributed by atoms with van der Waals surface area (Å²) in [5.74, 6) is 1.97. The molecule has 1 unspecified atom stereocenters. The molecular formula is C4H9IS2. The highest BCUT2D eigenvalue weighted by Gasteiger charge is 1.92. The van der Waals surface area contributed by atoms with Crippen LogP contribution in [0.5, 0.6) is 0 Å². The molecule has 0 aromatic carbocycles. The Hall–Kier alpha value is 1.30. The van der Waals surface area contributed by atoms with Gasteiger partial charge in [-0.2, -0.15) is 0 Å². The van der Waals surface area contributed by atoms with Gasteiger partial charge in [-0.15, -0.1) is 0 Å². The van der Waals surface area contributed by atoms with Crippen molar-refractivity contribution >= 4 is 39.0 Å². The Morgan fingerprint density at radius 1 is 1.71 bits per heavy atom. The van der Waals surface area contributed by atoms with Gasteiger partial charge in [-0.05, 0) is 17.1 Å². The highest BCUT2D eigenvalue weighted by atomic mass is 127. The minimum atomic E-state index is 0.208. The SMILES string of the molecule is CC(C)CS(=S)I. The second-order valence-electron chi connectivity index (χ2n) is 1.85. The molecule has 0 aliphatic carbocycles. The zero-order valence-electron chi connectivity index (χ0n) is 4.48. The summed E-state index contributed by atoms with van der Waals surface area (Å²) in [5, 5.41) is 0. The van der Waals surface area contributed by atoms with E-state index >= 15 is 0 Å². The van der Waals surface area contributed by atoms with Gasteiger partial charge in [0.25, 0.3) is 0 Å². The van der Waals surface area contributed by atoms with Crippen molar-refractivity contribution in [1.29, 1.82) is 0 Å². The molecule has 0 rings (SSSR count). The fraction of sp³-hybridized carbons (Fsp3) is 1.00. The van der Waals surface area contributed by atoms with Gasteiger partial charge in [0, 0.05) is 27.0 Å². The Morgan fingerprint density at radius 2 is 2.14 bits per heavy atom. The Bertz CT molecular complexity index is 70.1. The van der Waals surface area contributed by atoms with Crippen LogP contribution < -0.4 is 0 Å². The maximum atomic E-state index is 4.97. The molecule has 0 N–H and O–H groups in total. The molecule has 0 radical (unpaired) electrons. The molecule has 0 amide bonds. The van der Waals surface area contributed by atoms with Crippen molar-refractivity contribution in [2.75, 3.05) is 5.75 Å². The summed E-state index contributed by atoms with van der Waals surface area (Å²) in [7, 11) is 0. The Labute approximate surface area is 64.2 Å². The van der Waals surface area contributed by atoms with Crippen LogP contribution in [0.1, 0.15) is 13.8 Å². The lowest BCUT2D eigenvalue weighted by molar-refractivity contribution is 0.752. The average Bonchev–Trinajstić information content (AvgIpc) is 1.27. The Balaban J connectivity index is 3.13. The molecule has 0 bridgehead atoms. The molecule has 0 aliphatic heterocycles. The number of hydrogen-bond donors (Lipinski definition) is 0. The lowest BCUT2D eigenvalue weighted by atomic mass is 10.3. The van der Waals surface area contributed by atoms with Crippen LogP contribution in [0.4, 0.5) is 0 Å². The summed E-state index contributed by atoms with van der Waals surface area (Å²) in [4.78, 5) is 0. The Morgan fingerprint density at radius 3 is 2.14 bits per heavy atom. The summed E-state index contributed by atoms with van der Waals surface area (Å²) in [5.41, 5.74) is 0. The molecule has 7 heavy (non-hydrogen) atoms. The van der Waals surface area contributed by atoms with Crippen molar-refractivity contribution in [3.63, 3.8) is 0 Å². The summed E-state index contributed by atoms with van der Waals surface area (Å²) in [6, 6.07) is 0. The largest absolute Gasteiger partial charge is 0.0619 e. The zero-order valence-corrected chi connectivity index (χ0v) is 8.27. The molecule has 0 aromatic rings. The Kier molecular flexibility index (Phi) is 4.99. The molecule has 0 saturated heterocycles. The van der Waals surface area contributed by atoms with Gasteiger partial charge >= 0.3 is 0 Å². The third kappa shape index (κ3) is 7.30. The van der Waals surface area contributed by atoms with Crippen LogP contribution >= 0.6 is 21.2 Å². The maximum absolute atomic E-state index is 4.97. The maximum Gasteiger partial charge on any atom is 0.00972 e. The topological polar surface area (TPSA) is 0 Å². The van der Waals surface area contributed by atoms with Gasteiger partial charge in [-0.1, -0.05) is 20.5 Å². The quantitative estimate of drug-likeness (QED) is 0.532. The predicted molar refractivity (Wildman–Crippen MR) is 48.5 cm³/mol. The summed E-state index contributed by atoms with van der Waals surface area (Å²) in [6.07, 6.45) is 0. The van der Waals surface area contributed by atoms with Gasteiger partial charge in [0.2, 0.25) is 0 Å². The molecule has 0 heterocycles. The number of halogens is 1. The minimum Gasteiger partial charge on any atom is -0.0619 e. The van der Waals surface area contributed by atoms with Crippen LogP contribution in [0.15, 0.2) is 0 Å². The molecule has 0 aromatic heterocycles. The fourth-order valence-electron chi connectivity index (χ4n) is 0.262. The molecule has 0 spiro atoms. The summed E-state index contributed by atoms with van der Waals surface area (Å²) < 4.78 is 0. The van der Waals surface area contributed by atoms with Crippen molar-refractivity contribution in [3.8, 4) is 0 Å². The molecule has 0 aliphatic rings. The van der Waals surface area contributed by atoms with Gasteiger partial charge in [-0.3, -0.25) is 0 Å². The van der Waals surface area contributed by atoms with Crippen molar-refractivity contribution in [2.24, 2.45) is 5.92 Å². The van der Waals surface area contributed by atoms with Crippen LogP contribution in [-0.2, 0) is 17.8 Å². The number of rotatable bonds is 2. The first-order valence-corrected chi connectivity index (χ1v) is 7.03. The molecule has 1 atom stereocenters. The summed E-state index contributed by atoms with van der Waals surface area (Å²) >= 11 is 7.27. The minimum absolute atomic E-state index is 0.208. The smallest absolute Gasteiger partial charge is 0.00972 e. The van der Waals surface area contributed by atoms with Gasteiger partial charge in [0.15, 0.2) is 0 Å². The highest BCUT2D eigenvalue weighted by Crippen LogP contribution is 2.01. The molecule has 3 heteroatoms. The van der Waals surface area contributed by atoms with Crippen molar-refractivity contribution in [3.05, 3.63) is 0 Å². The standard InChI is InChI=1S/C4H9IS2/c1-4(2)3-7(5)6/h4H,3H2,1-2H3. The van der Waals surface area contributed by atoms with E-state index in [0.717, 1.165) is 5.92 Å². The molecule has 0 saturated carbocycles. The normalized spacial score (nSPS) is 14.9. The van der Waals surface area contributed by atoms with Gasteiger partial charge in [0.1, 0.15) is 0 Å². The molecule has 0 fully saturated rings. The third-order valence-corrected chi connectivity index (χ3v) is 2.88. The first-order valence-electron chi connectivity index (χ1n) is 2.17. The van der Waals surface area contributed by atoms with E-state index in [-0.39, 0.29) is 6.63 Å². The monoisotopic (exact) mass is 248 g/mol. The van der Waals surface area contributed by atoms with E-state index in [2.05, 4.69) is 35.1 Å². The van der Waals surface area contributed by atoms with E-state index in [0.29, 0.717) is 0 Å². The van der Waals surface area contributed by atoms with Gasteiger partial charge in [-0.25, -0.2) is 0 Å². The van der Waals surface area contributed by atoms with E-state index in [1.165, 1.54) is 5.75 Å². The van der Waals surface area contributed by atoms with Crippen LogP contribution in [0, 0.1) is 5.92 Å². The third-order valence-electron chi connectivity index (χ3n) is 0.464. The number of hydrogen-bond acceptors (Lipinski definition) is 1.